The van der Waals surface area contributed by atoms with Gasteiger partial charge in [-0.05, 0) is 38.1 Å². The predicted octanol–water partition coefficient (Wildman–Crippen LogP) is 3.43. The first-order valence-corrected chi connectivity index (χ1v) is 6.20. The van der Waals surface area contributed by atoms with Gasteiger partial charge in [-0.15, -0.1) is 12.4 Å². The van der Waals surface area contributed by atoms with Crippen molar-refractivity contribution in [2.45, 2.75) is 25.6 Å². The van der Waals surface area contributed by atoms with Gasteiger partial charge in [0.25, 0.3) is 0 Å². The van der Waals surface area contributed by atoms with E-state index in [1.54, 1.807) is 0 Å². The molecule has 0 bridgehead atoms. The molecule has 134 valence electrons. The van der Waals surface area contributed by atoms with Crippen molar-refractivity contribution < 1.29 is 22.4 Å². The molecule has 0 unspecified atom stereocenters. The second-order valence-electron chi connectivity index (χ2n) is 4.82. The fourth-order valence-corrected chi connectivity index (χ4v) is 2.27. The van der Waals surface area contributed by atoms with Gasteiger partial charge in [0, 0.05) is 11.7 Å². The monoisotopic (exact) mass is 394 g/mol. The minimum absolute atomic E-state index is 0. The van der Waals surface area contributed by atoms with E-state index in [0.717, 1.165) is 6.07 Å². The van der Waals surface area contributed by atoms with E-state index in [9.17, 15) is 22.4 Å². The van der Waals surface area contributed by atoms with Crippen LogP contribution in [0, 0.1) is 11.7 Å². The van der Waals surface area contributed by atoms with Crippen LogP contribution in [0.2, 0.25) is 0 Å². The van der Waals surface area contributed by atoms with E-state index < -0.39 is 17.6 Å². The SMILES string of the molecule is C[C@@H]1NCC[C@@H]1C(=O)Nc1ccc(F)c(C(F)(F)F)c1.Cl.S.S. The molecule has 2 rings (SSSR count). The molecule has 1 aliphatic rings. The minimum Gasteiger partial charge on any atom is -0.326 e. The predicted molar refractivity (Wildman–Crippen MR) is 93.6 cm³/mol. The van der Waals surface area contributed by atoms with E-state index in [2.05, 4.69) is 10.6 Å². The largest absolute Gasteiger partial charge is 0.419 e. The lowest BCUT2D eigenvalue weighted by Gasteiger charge is -2.16. The third kappa shape index (κ3) is 6.06. The molecule has 2 atom stereocenters. The summed E-state index contributed by atoms with van der Waals surface area (Å²) in [4.78, 5) is 11.9. The summed E-state index contributed by atoms with van der Waals surface area (Å²) >= 11 is 0. The lowest BCUT2D eigenvalue weighted by atomic mass is 10.0. The fourth-order valence-electron chi connectivity index (χ4n) is 2.27. The first kappa shape index (κ1) is 24.6. The molecule has 1 aromatic carbocycles. The molecule has 1 aliphatic heterocycles. The average Bonchev–Trinajstić information content (AvgIpc) is 2.76. The highest BCUT2D eigenvalue weighted by Gasteiger charge is 2.35. The number of nitrogens with one attached hydrogen (secondary N) is 2. The first-order valence-electron chi connectivity index (χ1n) is 6.20. The van der Waals surface area contributed by atoms with E-state index in [4.69, 9.17) is 0 Å². The molecule has 2 N–H and O–H groups in total. The smallest absolute Gasteiger partial charge is 0.326 e. The number of carbonyl (C=O) groups excluding carboxylic acids is 1. The number of benzene rings is 1. The Hall–Kier alpha value is -0.640. The van der Waals surface area contributed by atoms with Crippen molar-refractivity contribution in [2.75, 3.05) is 11.9 Å². The molecule has 0 spiro atoms. The van der Waals surface area contributed by atoms with Crippen LogP contribution in [-0.4, -0.2) is 18.5 Å². The number of amides is 1. The molecule has 3 nitrogen and oxygen atoms in total. The summed E-state index contributed by atoms with van der Waals surface area (Å²) in [5.41, 5.74) is -1.43. The highest BCUT2D eigenvalue weighted by molar-refractivity contribution is 7.59. The second kappa shape index (κ2) is 9.61. The van der Waals surface area contributed by atoms with E-state index in [-0.39, 0.29) is 63.0 Å². The van der Waals surface area contributed by atoms with Gasteiger partial charge in [-0.2, -0.15) is 40.2 Å². The van der Waals surface area contributed by atoms with Gasteiger partial charge in [0.15, 0.2) is 0 Å². The zero-order valence-corrected chi connectivity index (χ0v) is 14.9. The van der Waals surface area contributed by atoms with Crippen molar-refractivity contribution in [1.82, 2.24) is 5.32 Å². The number of anilines is 1. The van der Waals surface area contributed by atoms with E-state index in [1.165, 1.54) is 0 Å². The zero-order valence-electron chi connectivity index (χ0n) is 12.1. The topological polar surface area (TPSA) is 41.1 Å². The van der Waals surface area contributed by atoms with E-state index in [0.29, 0.717) is 25.1 Å². The number of halogens is 5. The number of carbonyl (C=O) groups is 1. The quantitative estimate of drug-likeness (QED) is 0.754. The molecule has 0 aliphatic carbocycles. The maximum absolute atomic E-state index is 13.1. The van der Waals surface area contributed by atoms with Crippen LogP contribution < -0.4 is 10.6 Å². The maximum atomic E-state index is 13.1. The Balaban J connectivity index is 0. The van der Waals surface area contributed by atoms with Gasteiger partial charge in [0.1, 0.15) is 5.82 Å². The molecular formula is C13H19ClF4N2OS2. The number of rotatable bonds is 2. The van der Waals surface area contributed by atoms with Crippen molar-refractivity contribution in [2.24, 2.45) is 5.92 Å². The van der Waals surface area contributed by atoms with Crippen LogP contribution >= 0.6 is 39.4 Å². The molecule has 1 amide bonds. The zero-order chi connectivity index (χ0) is 14.9. The lowest BCUT2D eigenvalue weighted by molar-refractivity contribution is -0.140. The molecule has 1 heterocycles. The Morgan fingerprint density at radius 1 is 1.30 bits per heavy atom. The molecule has 0 aromatic heterocycles. The molecule has 0 radical (unpaired) electrons. The van der Waals surface area contributed by atoms with Crippen molar-refractivity contribution in [3.8, 4) is 0 Å². The first-order chi connectivity index (χ1) is 9.29. The van der Waals surface area contributed by atoms with Crippen LogP contribution in [0.4, 0.5) is 23.2 Å². The Kier molecular flexibility index (Phi) is 10.3. The molecule has 1 aromatic rings. The van der Waals surface area contributed by atoms with Crippen LogP contribution in [0.3, 0.4) is 0 Å². The normalized spacial score (nSPS) is 19.9. The van der Waals surface area contributed by atoms with Crippen LogP contribution in [0.15, 0.2) is 18.2 Å². The summed E-state index contributed by atoms with van der Waals surface area (Å²) in [5.74, 6) is -2.01. The summed E-state index contributed by atoms with van der Waals surface area (Å²) in [6.07, 6.45) is -4.16. The van der Waals surface area contributed by atoms with Gasteiger partial charge in [-0.25, -0.2) is 4.39 Å². The Morgan fingerprint density at radius 3 is 2.39 bits per heavy atom. The number of hydrogen-bond donors (Lipinski definition) is 2. The summed E-state index contributed by atoms with van der Waals surface area (Å²) < 4.78 is 50.8. The third-order valence-corrected chi connectivity index (χ3v) is 3.40. The Labute approximate surface area is 151 Å². The van der Waals surface area contributed by atoms with Crippen LogP contribution in [0.1, 0.15) is 18.9 Å². The summed E-state index contributed by atoms with van der Waals surface area (Å²) in [6, 6.07) is 2.41. The minimum atomic E-state index is -4.78. The van der Waals surface area contributed by atoms with E-state index in [1.807, 2.05) is 6.92 Å². The Bertz CT molecular complexity index is 531. The fraction of sp³-hybridized carbons (Fsp3) is 0.462. The second-order valence-corrected chi connectivity index (χ2v) is 4.82. The Morgan fingerprint density at radius 2 is 1.91 bits per heavy atom. The van der Waals surface area contributed by atoms with Gasteiger partial charge >= 0.3 is 6.18 Å². The van der Waals surface area contributed by atoms with Crippen molar-refractivity contribution in [3.05, 3.63) is 29.6 Å². The maximum Gasteiger partial charge on any atom is 0.419 e. The average molecular weight is 395 g/mol. The molecule has 23 heavy (non-hydrogen) atoms. The third-order valence-electron chi connectivity index (χ3n) is 3.40. The summed E-state index contributed by atoms with van der Waals surface area (Å²) in [6.45, 7) is 2.53. The van der Waals surface area contributed by atoms with Crippen molar-refractivity contribution >= 4 is 51.0 Å². The highest BCUT2D eigenvalue weighted by atomic mass is 35.5. The van der Waals surface area contributed by atoms with Crippen LogP contribution in [0.5, 0.6) is 0 Å². The van der Waals surface area contributed by atoms with Gasteiger partial charge in [0.2, 0.25) is 5.91 Å². The molecule has 10 heteroatoms. The van der Waals surface area contributed by atoms with Crippen molar-refractivity contribution in [3.63, 3.8) is 0 Å². The number of hydrogen-bond acceptors (Lipinski definition) is 2. The van der Waals surface area contributed by atoms with Crippen LogP contribution in [0.25, 0.3) is 0 Å². The van der Waals surface area contributed by atoms with Gasteiger partial charge in [0.05, 0.1) is 11.5 Å². The lowest BCUT2D eigenvalue weighted by Crippen LogP contribution is -2.32. The number of alkyl halides is 3. The standard InChI is InChI=1S/C13H14F4N2O.ClH.2H2S/c1-7-9(4-5-18-7)12(20)19-8-2-3-11(14)10(6-8)13(15,16)17;;;/h2-3,6-7,9,18H,4-5H2,1H3,(H,19,20);1H;2*1H2/t7-,9-;;;/m0.../s1. The molecule has 1 fully saturated rings. The van der Waals surface area contributed by atoms with Crippen molar-refractivity contribution in [1.29, 1.82) is 0 Å². The molecular weight excluding hydrogens is 376 g/mol. The van der Waals surface area contributed by atoms with Gasteiger partial charge in [-0.1, -0.05) is 0 Å². The van der Waals surface area contributed by atoms with Crippen LogP contribution in [-0.2, 0) is 11.0 Å². The van der Waals surface area contributed by atoms with E-state index >= 15 is 0 Å². The summed E-state index contributed by atoms with van der Waals surface area (Å²) in [5, 5.41) is 5.49. The molecule has 0 saturated carbocycles. The van der Waals surface area contributed by atoms with Gasteiger partial charge < -0.3 is 10.6 Å². The summed E-state index contributed by atoms with van der Waals surface area (Å²) in [7, 11) is 0. The van der Waals surface area contributed by atoms with Gasteiger partial charge in [-0.3, -0.25) is 4.79 Å². The molecule has 1 saturated heterocycles. The highest BCUT2D eigenvalue weighted by Crippen LogP contribution is 2.33.